The minimum absolute atomic E-state index is 0.0133. The summed E-state index contributed by atoms with van der Waals surface area (Å²) in [5, 5.41) is -0.460. The Bertz CT molecular complexity index is 708. The van der Waals surface area contributed by atoms with Gasteiger partial charge in [0, 0.05) is 6.04 Å². The van der Waals surface area contributed by atoms with E-state index in [0.717, 1.165) is 31.2 Å². The van der Waals surface area contributed by atoms with Crippen LogP contribution in [0.3, 0.4) is 0 Å². The first-order chi connectivity index (χ1) is 11.4. The average molecular weight is 347 g/mol. The van der Waals surface area contributed by atoms with Crippen molar-refractivity contribution in [3.63, 3.8) is 0 Å². The third-order valence-electron chi connectivity index (χ3n) is 4.58. The summed E-state index contributed by atoms with van der Waals surface area (Å²) >= 11 is 0. The summed E-state index contributed by atoms with van der Waals surface area (Å²) in [5.41, 5.74) is 0.808. The molecule has 1 aromatic carbocycles. The molecule has 0 N–H and O–H groups in total. The van der Waals surface area contributed by atoms with Crippen LogP contribution in [0.5, 0.6) is 0 Å². The Labute approximate surface area is 145 Å². The van der Waals surface area contributed by atoms with Crippen LogP contribution in [0.2, 0.25) is 0 Å². The molecular weight excluding hydrogens is 322 g/mol. The average Bonchev–Trinajstić information content (AvgIpc) is 3.06. The van der Waals surface area contributed by atoms with Gasteiger partial charge in [-0.25, -0.2) is 8.42 Å². The van der Waals surface area contributed by atoms with Gasteiger partial charge in [-0.2, -0.15) is 0 Å². The number of nitrogens with zero attached hydrogens (tertiary/aromatic N) is 1. The first-order valence-electron chi connectivity index (χ1n) is 8.42. The van der Waals surface area contributed by atoms with Crippen molar-refractivity contribution in [2.75, 3.05) is 6.54 Å². The summed E-state index contributed by atoms with van der Waals surface area (Å²) in [6.45, 7) is 3.65. The minimum atomic E-state index is -3.28. The second-order valence-electron chi connectivity index (χ2n) is 6.58. The van der Waals surface area contributed by atoms with E-state index < -0.39 is 15.1 Å². The molecule has 24 heavy (non-hydrogen) atoms. The first-order valence-corrected chi connectivity index (χ1v) is 9.96. The highest BCUT2D eigenvalue weighted by Gasteiger charge is 2.26. The third-order valence-corrected chi connectivity index (χ3v) is 6.75. The Kier molecular flexibility index (Phi) is 6.06. The van der Waals surface area contributed by atoms with Crippen LogP contribution in [0.4, 0.5) is 0 Å². The van der Waals surface area contributed by atoms with Crippen molar-refractivity contribution in [1.29, 1.82) is 0 Å². The molecule has 5 heteroatoms. The predicted octanol–water partition coefficient (Wildman–Crippen LogP) is 2.82. The minimum Gasteiger partial charge on any atom is -0.328 e. The quantitative estimate of drug-likeness (QED) is 0.744. The van der Waals surface area contributed by atoms with Gasteiger partial charge in [0.15, 0.2) is 9.84 Å². The molecule has 0 atom stereocenters. The Morgan fingerprint density at radius 2 is 1.83 bits per heavy atom. The first kappa shape index (κ1) is 18.5. The SMILES string of the molecule is C#CCN(C(=O)Cc1ccc(S(=O)(=O)C(C)C)cc1)C1CCCC1. The Balaban J connectivity index is 2.09. The molecule has 0 spiro atoms. The van der Waals surface area contributed by atoms with Crippen molar-refractivity contribution >= 4 is 15.7 Å². The van der Waals surface area contributed by atoms with Crippen LogP contribution < -0.4 is 0 Å². The molecule has 1 saturated carbocycles. The van der Waals surface area contributed by atoms with Gasteiger partial charge in [-0.15, -0.1) is 6.42 Å². The van der Waals surface area contributed by atoms with Gasteiger partial charge in [0.05, 0.1) is 23.1 Å². The third kappa shape index (κ3) is 4.18. The van der Waals surface area contributed by atoms with Crippen LogP contribution in [0, 0.1) is 12.3 Å². The van der Waals surface area contributed by atoms with E-state index in [4.69, 9.17) is 6.42 Å². The van der Waals surface area contributed by atoms with E-state index in [9.17, 15) is 13.2 Å². The lowest BCUT2D eigenvalue weighted by Crippen LogP contribution is -2.40. The summed E-state index contributed by atoms with van der Waals surface area (Å²) in [4.78, 5) is 14.7. The fourth-order valence-electron chi connectivity index (χ4n) is 3.08. The summed E-state index contributed by atoms with van der Waals surface area (Å²) in [5.74, 6) is 2.59. The second kappa shape index (κ2) is 7.85. The second-order valence-corrected chi connectivity index (χ2v) is 9.08. The number of hydrogen-bond acceptors (Lipinski definition) is 3. The molecule has 0 radical (unpaired) electrons. The zero-order valence-electron chi connectivity index (χ0n) is 14.4. The fourth-order valence-corrected chi connectivity index (χ4v) is 4.14. The maximum absolute atomic E-state index is 12.6. The van der Waals surface area contributed by atoms with E-state index in [1.54, 1.807) is 43.0 Å². The maximum Gasteiger partial charge on any atom is 0.228 e. The number of carbonyl (C=O) groups excluding carboxylic acids is 1. The number of hydrogen-bond donors (Lipinski definition) is 0. The summed E-state index contributed by atoms with van der Waals surface area (Å²) in [7, 11) is -3.28. The van der Waals surface area contributed by atoms with Gasteiger partial charge in [0.1, 0.15) is 0 Å². The van der Waals surface area contributed by atoms with Gasteiger partial charge in [-0.1, -0.05) is 30.9 Å². The molecule has 0 bridgehead atoms. The standard InChI is InChI=1S/C19H25NO3S/c1-4-13-20(17-7-5-6-8-17)19(21)14-16-9-11-18(12-10-16)24(22,23)15(2)3/h1,9-12,15,17H,5-8,13-14H2,2-3H3. The smallest absolute Gasteiger partial charge is 0.228 e. The van der Waals surface area contributed by atoms with Crippen LogP contribution in [0.1, 0.15) is 45.1 Å². The van der Waals surface area contributed by atoms with Gasteiger partial charge < -0.3 is 4.90 Å². The van der Waals surface area contributed by atoms with Crippen LogP contribution in [0.15, 0.2) is 29.2 Å². The number of carbonyl (C=O) groups is 1. The largest absolute Gasteiger partial charge is 0.328 e. The van der Waals surface area contributed by atoms with Crippen molar-refractivity contribution < 1.29 is 13.2 Å². The highest BCUT2D eigenvalue weighted by atomic mass is 32.2. The van der Waals surface area contributed by atoms with Crippen LogP contribution in [0.25, 0.3) is 0 Å². The van der Waals surface area contributed by atoms with Crippen molar-refractivity contribution in [2.45, 2.75) is 62.1 Å². The molecule has 130 valence electrons. The molecular formula is C19H25NO3S. The molecule has 0 aromatic heterocycles. The lowest BCUT2D eigenvalue weighted by Gasteiger charge is -2.27. The summed E-state index contributed by atoms with van der Waals surface area (Å²) in [6.07, 6.45) is 9.97. The molecule has 0 unspecified atom stereocenters. The van der Waals surface area contributed by atoms with E-state index in [2.05, 4.69) is 5.92 Å². The monoisotopic (exact) mass is 347 g/mol. The van der Waals surface area contributed by atoms with E-state index in [1.807, 2.05) is 0 Å². The highest BCUT2D eigenvalue weighted by molar-refractivity contribution is 7.92. The molecule has 2 rings (SSSR count). The number of sulfone groups is 1. The maximum atomic E-state index is 12.6. The molecule has 1 amide bonds. The van der Waals surface area contributed by atoms with Crippen molar-refractivity contribution in [2.24, 2.45) is 0 Å². The van der Waals surface area contributed by atoms with E-state index in [0.29, 0.717) is 11.4 Å². The van der Waals surface area contributed by atoms with Gasteiger partial charge >= 0.3 is 0 Å². The van der Waals surface area contributed by atoms with Crippen LogP contribution >= 0.6 is 0 Å². The van der Waals surface area contributed by atoms with E-state index in [-0.39, 0.29) is 18.4 Å². The molecule has 0 saturated heterocycles. The molecule has 4 nitrogen and oxygen atoms in total. The lowest BCUT2D eigenvalue weighted by molar-refractivity contribution is -0.131. The lowest BCUT2D eigenvalue weighted by atomic mass is 10.1. The normalized spacial score (nSPS) is 15.4. The van der Waals surface area contributed by atoms with Gasteiger partial charge in [-0.05, 0) is 44.4 Å². The summed E-state index contributed by atoms with van der Waals surface area (Å²) in [6, 6.07) is 6.85. The molecule has 0 heterocycles. The highest BCUT2D eigenvalue weighted by Crippen LogP contribution is 2.24. The van der Waals surface area contributed by atoms with E-state index >= 15 is 0 Å². The topological polar surface area (TPSA) is 54.5 Å². The van der Waals surface area contributed by atoms with Gasteiger partial charge in [-0.3, -0.25) is 4.79 Å². The van der Waals surface area contributed by atoms with Crippen molar-refractivity contribution in [1.82, 2.24) is 4.90 Å². The van der Waals surface area contributed by atoms with E-state index in [1.165, 1.54) is 0 Å². The molecule has 1 aliphatic carbocycles. The van der Waals surface area contributed by atoms with Crippen molar-refractivity contribution in [3.05, 3.63) is 29.8 Å². The number of benzene rings is 1. The zero-order valence-corrected chi connectivity index (χ0v) is 15.2. The Morgan fingerprint density at radius 3 is 2.33 bits per heavy atom. The number of amides is 1. The van der Waals surface area contributed by atoms with Gasteiger partial charge in [0.25, 0.3) is 0 Å². The molecule has 1 aliphatic rings. The number of rotatable bonds is 6. The zero-order chi connectivity index (χ0) is 17.7. The molecule has 0 aliphatic heterocycles. The van der Waals surface area contributed by atoms with Crippen LogP contribution in [-0.2, 0) is 21.1 Å². The van der Waals surface area contributed by atoms with Crippen LogP contribution in [-0.4, -0.2) is 37.1 Å². The number of terminal acetylenes is 1. The Hall–Kier alpha value is -1.80. The Morgan fingerprint density at radius 1 is 1.25 bits per heavy atom. The predicted molar refractivity (Wildman–Crippen MR) is 95.3 cm³/mol. The van der Waals surface area contributed by atoms with Gasteiger partial charge in [0.2, 0.25) is 5.91 Å². The molecule has 1 fully saturated rings. The fraction of sp³-hybridized carbons (Fsp3) is 0.526. The summed E-state index contributed by atoms with van der Waals surface area (Å²) < 4.78 is 24.3. The molecule has 1 aromatic rings. The van der Waals surface area contributed by atoms with Crippen molar-refractivity contribution in [3.8, 4) is 12.3 Å².